The maximum absolute atomic E-state index is 5.60. The molecule has 3 N–H and O–H groups in total. The van der Waals surface area contributed by atoms with Crippen LogP contribution in [0.2, 0.25) is 0 Å². The third-order valence-corrected chi connectivity index (χ3v) is 4.22. The van der Waals surface area contributed by atoms with Crippen molar-refractivity contribution in [3.05, 3.63) is 11.9 Å². The van der Waals surface area contributed by atoms with Crippen molar-refractivity contribution in [1.29, 1.82) is 0 Å². The van der Waals surface area contributed by atoms with Crippen molar-refractivity contribution in [3.8, 4) is 0 Å². The SMILES string of the molecule is CC(C)c1c(NN)ncnc1N1CCCC(C)(C)CC1. The van der Waals surface area contributed by atoms with Crippen molar-refractivity contribution in [2.24, 2.45) is 11.3 Å². The minimum atomic E-state index is 0.341. The molecule has 0 unspecified atom stereocenters. The highest BCUT2D eigenvalue weighted by atomic mass is 15.3. The molecule has 20 heavy (non-hydrogen) atoms. The van der Waals surface area contributed by atoms with E-state index in [1.165, 1.54) is 19.3 Å². The lowest BCUT2D eigenvalue weighted by atomic mass is 9.85. The number of hydrazine groups is 1. The third-order valence-electron chi connectivity index (χ3n) is 4.22. The average Bonchev–Trinajstić information content (AvgIpc) is 2.58. The molecule has 1 aromatic rings. The normalized spacial score (nSPS) is 19.0. The summed E-state index contributed by atoms with van der Waals surface area (Å²) in [7, 11) is 0. The zero-order valence-corrected chi connectivity index (χ0v) is 13.1. The molecule has 0 aliphatic carbocycles. The highest BCUT2D eigenvalue weighted by Gasteiger charge is 2.26. The lowest BCUT2D eigenvalue weighted by Crippen LogP contribution is -2.28. The van der Waals surface area contributed by atoms with Gasteiger partial charge in [0.05, 0.1) is 0 Å². The van der Waals surface area contributed by atoms with Crippen LogP contribution >= 0.6 is 0 Å². The van der Waals surface area contributed by atoms with E-state index in [4.69, 9.17) is 5.84 Å². The smallest absolute Gasteiger partial charge is 0.148 e. The number of anilines is 2. The summed E-state index contributed by atoms with van der Waals surface area (Å²) in [4.78, 5) is 11.2. The van der Waals surface area contributed by atoms with E-state index < -0.39 is 0 Å². The van der Waals surface area contributed by atoms with Crippen molar-refractivity contribution in [2.75, 3.05) is 23.4 Å². The molecular weight excluding hydrogens is 250 g/mol. The Morgan fingerprint density at radius 3 is 2.65 bits per heavy atom. The first-order valence-electron chi connectivity index (χ1n) is 7.51. The van der Waals surface area contributed by atoms with Crippen LogP contribution in [0.5, 0.6) is 0 Å². The van der Waals surface area contributed by atoms with Crippen LogP contribution in [0.25, 0.3) is 0 Å². The maximum Gasteiger partial charge on any atom is 0.148 e. The molecular formula is C15H27N5. The molecule has 1 fully saturated rings. The Morgan fingerprint density at radius 1 is 1.25 bits per heavy atom. The number of hydrogen-bond acceptors (Lipinski definition) is 5. The highest BCUT2D eigenvalue weighted by Crippen LogP contribution is 2.35. The van der Waals surface area contributed by atoms with Gasteiger partial charge in [0.2, 0.25) is 0 Å². The van der Waals surface area contributed by atoms with Crippen molar-refractivity contribution in [3.63, 3.8) is 0 Å². The topological polar surface area (TPSA) is 67.1 Å². The summed E-state index contributed by atoms with van der Waals surface area (Å²) < 4.78 is 0. The van der Waals surface area contributed by atoms with Crippen LogP contribution in [-0.2, 0) is 0 Å². The summed E-state index contributed by atoms with van der Waals surface area (Å²) in [6, 6.07) is 0. The standard InChI is InChI=1S/C15H27N5/c1-11(2)12-13(19-16)17-10-18-14(12)20-8-5-6-15(3,4)7-9-20/h10-11H,5-9,16H2,1-4H3,(H,17,18,19). The largest absolute Gasteiger partial charge is 0.356 e. The summed E-state index contributed by atoms with van der Waals surface area (Å²) in [5.41, 5.74) is 4.26. The van der Waals surface area contributed by atoms with Gasteiger partial charge in [-0.2, -0.15) is 0 Å². The van der Waals surface area contributed by atoms with Gasteiger partial charge in [-0.1, -0.05) is 27.7 Å². The van der Waals surface area contributed by atoms with Crippen LogP contribution in [0.15, 0.2) is 6.33 Å². The highest BCUT2D eigenvalue weighted by molar-refractivity contribution is 5.60. The van der Waals surface area contributed by atoms with Gasteiger partial charge in [-0.05, 0) is 30.6 Å². The van der Waals surface area contributed by atoms with Crippen molar-refractivity contribution < 1.29 is 0 Å². The molecule has 0 atom stereocenters. The lowest BCUT2D eigenvalue weighted by molar-refractivity contribution is 0.325. The van der Waals surface area contributed by atoms with Gasteiger partial charge in [-0.3, -0.25) is 0 Å². The van der Waals surface area contributed by atoms with E-state index in [1.807, 2.05) is 0 Å². The van der Waals surface area contributed by atoms with Gasteiger partial charge in [0.15, 0.2) is 0 Å². The Bertz CT molecular complexity index is 456. The quantitative estimate of drug-likeness (QED) is 0.657. The van der Waals surface area contributed by atoms with E-state index in [2.05, 4.69) is 48.0 Å². The number of aromatic nitrogens is 2. The molecule has 112 valence electrons. The number of nitrogens with one attached hydrogen (secondary N) is 1. The van der Waals surface area contributed by atoms with Gasteiger partial charge in [-0.15, -0.1) is 0 Å². The number of nitrogen functional groups attached to an aromatic ring is 1. The Morgan fingerprint density at radius 2 is 2.00 bits per heavy atom. The monoisotopic (exact) mass is 277 g/mol. The van der Waals surface area contributed by atoms with Crippen LogP contribution < -0.4 is 16.2 Å². The van der Waals surface area contributed by atoms with E-state index in [0.717, 1.165) is 30.3 Å². The predicted molar refractivity (Wildman–Crippen MR) is 83.8 cm³/mol. The molecule has 0 aromatic carbocycles. The van der Waals surface area contributed by atoms with Crippen molar-refractivity contribution in [1.82, 2.24) is 9.97 Å². The second-order valence-corrected chi connectivity index (χ2v) is 6.76. The molecule has 0 spiro atoms. The van der Waals surface area contributed by atoms with E-state index in [-0.39, 0.29) is 0 Å². The van der Waals surface area contributed by atoms with Gasteiger partial charge >= 0.3 is 0 Å². The number of nitrogens with zero attached hydrogens (tertiary/aromatic N) is 3. The molecule has 1 aliphatic heterocycles. The molecule has 0 bridgehead atoms. The fraction of sp³-hybridized carbons (Fsp3) is 0.733. The summed E-state index contributed by atoms with van der Waals surface area (Å²) in [6.07, 6.45) is 5.28. The van der Waals surface area contributed by atoms with Crippen LogP contribution in [0.3, 0.4) is 0 Å². The van der Waals surface area contributed by atoms with Gasteiger partial charge in [0.1, 0.15) is 18.0 Å². The fourth-order valence-electron chi connectivity index (χ4n) is 2.92. The predicted octanol–water partition coefficient (Wildman–Crippen LogP) is 2.90. The third kappa shape index (κ3) is 3.20. The zero-order valence-electron chi connectivity index (χ0n) is 13.1. The van der Waals surface area contributed by atoms with Crippen LogP contribution in [0.1, 0.15) is 58.4 Å². The molecule has 0 radical (unpaired) electrons. The summed E-state index contributed by atoms with van der Waals surface area (Å²) in [5, 5.41) is 0. The summed E-state index contributed by atoms with van der Waals surface area (Å²) in [5.74, 6) is 7.73. The average molecular weight is 277 g/mol. The Kier molecular flexibility index (Phi) is 4.48. The zero-order chi connectivity index (χ0) is 14.8. The van der Waals surface area contributed by atoms with E-state index in [9.17, 15) is 0 Å². The lowest BCUT2D eigenvalue weighted by Gasteiger charge is -2.27. The van der Waals surface area contributed by atoms with Crippen LogP contribution in [-0.4, -0.2) is 23.1 Å². The first kappa shape index (κ1) is 15.0. The minimum absolute atomic E-state index is 0.341. The summed E-state index contributed by atoms with van der Waals surface area (Å²) in [6.45, 7) is 11.1. The van der Waals surface area contributed by atoms with Crippen molar-refractivity contribution >= 4 is 11.6 Å². The second-order valence-electron chi connectivity index (χ2n) is 6.76. The van der Waals surface area contributed by atoms with E-state index in [1.54, 1.807) is 6.33 Å². The molecule has 1 saturated heterocycles. The molecule has 5 heteroatoms. The fourth-order valence-corrected chi connectivity index (χ4v) is 2.92. The molecule has 1 aromatic heterocycles. The number of nitrogens with two attached hydrogens (primary N) is 1. The molecule has 1 aliphatic rings. The molecule has 2 rings (SSSR count). The first-order valence-corrected chi connectivity index (χ1v) is 7.51. The van der Waals surface area contributed by atoms with Crippen LogP contribution in [0.4, 0.5) is 11.6 Å². The Hall–Kier alpha value is -1.36. The summed E-state index contributed by atoms with van der Waals surface area (Å²) >= 11 is 0. The van der Waals surface area contributed by atoms with E-state index in [0.29, 0.717) is 11.3 Å². The maximum atomic E-state index is 5.60. The van der Waals surface area contributed by atoms with E-state index >= 15 is 0 Å². The van der Waals surface area contributed by atoms with Gasteiger partial charge in [0, 0.05) is 18.7 Å². The van der Waals surface area contributed by atoms with Crippen molar-refractivity contribution in [2.45, 2.75) is 52.9 Å². The molecule has 0 amide bonds. The Labute approximate surface area is 121 Å². The molecule has 5 nitrogen and oxygen atoms in total. The number of rotatable bonds is 3. The van der Waals surface area contributed by atoms with Gasteiger partial charge < -0.3 is 10.3 Å². The van der Waals surface area contributed by atoms with Crippen LogP contribution in [0, 0.1) is 5.41 Å². The molecule has 2 heterocycles. The van der Waals surface area contributed by atoms with Gasteiger partial charge in [-0.25, -0.2) is 15.8 Å². The minimum Gasteiger partial charge on any atom is -0.356 e. The first-order chi connectivity index (χ1) is 9.44. The van der Waals surface area contributed by atoms with Gasteiger partial charge in [0.25, 0.3) is 0 Å². The molecule has 0 saturated carbocycles. The number of hydrogen-bond donors (Lipinski definition) is 2. The second kappa shape index (κ2) is 5.95. The Balaban J connectivity index is 2.32.